The summed E-state index contributed by atoms with van der Waals surface area (Å²) in [7, 11) is 1.84. The van der Waals surface area contributed by atoms with E-state index in [0.717, 1.165) is 0 Å². The Hall–Kier alpha value is -1.35. The Morgan fingerprint density at radius 1 is 1.43 bits per heavy atom. The highest BCUT2D eigenvalue weighted by molar-refractivity contribution is 5.99. The maximum Gasteiger partial charge on any atom is 0.168 e. The third-order valence-electron chi connectivity index (χ3n) is 2.47. The number of ether oxygens (including phenoxy) is 1. The summed E-state index contributed by atoms with van der Waals surface area (Å²) in [5, 5.41) is 3.06. The average Bonchev–Trinajstić information content (AvgIpc) is 2.39. The molecule has 1 atom stereocenters. The number of hydrogen-bond acceptors (Lipinski definition) is 3. The molecule has 0 radical (unpaired) electrons. The van der Waals surface area contributed by atoms with E-state index in [0.29, 0.717) is 24.3 Å². The number of fused-ring (bicyclic) bond motifs is 1. The Labute approximate surface area is 83.1 Å². The highest BCUT2D eigenvalue weighted by Crippen LogP contribution is 2.23. The molecular weight excluding hydrogens is 178 g/mol. The van der Waals surface area contributed by atoms with Gasteiger partial charge in [-0.15, -0.1) is 0 Å². The molecule has 0 amide bonds. The fourth-order valence-corrected chi connectivity index (χ4v) is 1.59. The molecular formula is C11H13NO2. The summed E-state index contributed by atoms with van der Waals surface area (Å²) in [6.45, 7) is 0.555. The van der Waals surface area contributed by atoms with Gasteiger partial charge in [-0.2, -0.15) is 0 Å². The average molecular weight is 191 g/mol. The van der Waals surface area contributed by atoms with Crippen LogP contribution in [0.4, 0.5) is 0 Å². The van der Waals surface area contributed by atoms with Crippen LogP contribution in [0.25, 0.3) is 0 Å². The number of benzene rings is 1. The van der Waals surface area contributed by atoms with Gasteiger partial charge in [-0.3, -0.25) is 4.79 Å². The molecule has 1 N–H and O–H groups in total. The van der Waals surface area contributed by atoms with Gasteiger partial charge >= 0.3 is 0 Å². The van der Waals surface area contributed by atoms with Gasteiger partial charge in [0, 0.05) is 12.5 Å². The van der Waals surface area contributed by atoms with E-state index >= 15 is 0 Å². The number of Topliss-reactive ketones (excluding diaryl/α,β-unsaturated/α-hetero) is 1. The van der Waals surface area contributed by atoms with E-state index in [1.54, 1.807) is 0 Å². The summed E-state index contributed by atoms with van der Waals surface area (Å²) in [6, 6.07) is 7.52. The van der Waals surface area contributed by atoms with Crippen LogP contribution in [-0.4, -0.2) is 25.5 Å². The van der Waals surface area contributed by atoms with Gasteiger partial charge in [-0.05, 0) is 19.2 Å². The molecule has 0 saturated carbocycles. The van der Waals surface area contributed by atoms with Crippen LogP contribution in [0.15, 0.2) is 24.3 Å². The minimum atomic E-state index is 0.120. The first-order valence-electron chi connectivity index (χ1n) is 4.73. The van der Waals surface area contributed by atoms with Crippen LogP contribution in [0, 0.1) is 0 Å². The van der Waals surface area contributed by atoms with Crippen molar-refractivity contribution in [2.24, 2.45) is 0 Å². The quantitative estimate of drug-likeness (QED) is 0.725. The first-order valence-corrected chi connectivity index (χ1v) is 4.73. The molecule has 0 bridgehead atoms. The first kappa shape index (κ1) is 9.21. The van der Waals surface area contributed by atoms with E-state index in [1.807, 2.05) is 31.3 Å². The summed E-state index contributed by atoms with van der Waals surface area (Å²) in [6.07, 6.45) is 0.507. The van der Waals surface area contributed by atoms with Crippen LogP contribution < -0.4 is 10.1 Å². The lowest BCUT2D eigenvalue weighted by Crippen LogP contribution is -2.32. The van der Waals surface area contributed by atoms with Gasteiger partial charge in [0.1, 0.15) is 12.4 Å². The Kier molecular flexibility index (Phi) is 2.50. The molecule has 14 heavy (non-hydrogen) atoms. The van der Waals surface area contributed by atoms with Crippen molar-refractivity contribution in [1.82, 2.24) is 5.32 Å². The molecule has 1 aromatic carbocycles. The Bertz CT molecular complexity index is 349. The zero-order valence-electron chi connectivity index (χ0n) is 8.12. The first-order chi connectivity index (χ1) is 6.81. The van der Waals surface area contributed by atoms with Crippen molar-refractivity contribution in [1.29, 1.82) is 0 Å². The summed E-state index contributed by atoms with van der Waals surface area (Å²) in [4.78, 5) is 11.8. The van der Waals surface area contributed by atoms with Crippen molar-refractivity contribution in [3.8, 4) is 5.75 Å². The molecule has 2 rings (SSSR count). The standard InChI is InChI=1S/C11H13NO2/c1-12-8-6-10(13)9-4-2-3-5-11(9)14-7-8/h2-5,8,12H,6-7H2,1H3/t8-/m1/s1. The summed E-state index contributed by atoms with van der Waals surface area (Å²) in [5.74, 6) is 0.854. The third kappa shape index (κ3) is 1.63. The smallest absolute Gasteiger partial charge is 0.168 e. The Balaban J connectivity index is 2.31. The fourth-order valence-electron chi connectivity index (χ4n) is 1.59. The second-order valence-corrected chi connectivity index (χ2v) is 3.42. The van der Waals surface area contributed by atoms with Crippen LogP contribution in [0.2, 0.25) is 0 Å². The van der Waals surface area contributed by atoms with Gasteiger partial charge in [0.05, 0.1) is 5.56 Å². The molecule has 0 aromatic heterocycles. The van der Waals surface area contributed by atoms with Gasteiger partial charge < -0.3 is 10.1 Å². The van der Waals surface area contributed by atoms with E-state index < -0.39 is 0 Å². The number of carbonyl (C=O) groups excluding carboxylic acids is 1. The number of likely N-dealkylation sites (N-methyl/N-ethyl adjacent to an activating group) is 1. The van der Waals surface area contributed by atoms with Crippen LogP contribution >= 0.6 is 0 Å². The fraction of sp³-hybridized carbons (Fsp3) is 0.364. The van der Waals surface area contributed by atoms with Crippen LogP contribution in [0.3, 0.4) is 0 Å². The molecule has 3 nitrogen and oxygen atoms in total. The van der Waals surface area contributed by atoms with E-state index in [-0.39, 0.29) is 11.8 Å². The Morgan fingerprint density at radius 2 is 2.21 bits per heavy atom. The third-order valence-corrected chi connectivity index (χ3v) is 2.47. The van der Waals surface area contributed by atoms with E-state index in [9.17, 15) is 4.79 Å². The molecule has 0 saturated heterocycles. The zero-order valence-corrected chi connectivity index (χ0v) is 8.12. The highest BCUT2D eigenvalue weighted by atomic mass is 16.5. The van der Waals surface area contributed by atoms with Gasteiger partial charge in [-0.25, -0.2) is 0 Å². The van der Waals surface area contributed by atoms with Gasteiger partial charge in [0.15, 0.2) is 5.78 Å². The topological polar surface area (TPSA) is 38.3 Å². The molecule has 74 valence electrons. The molecule has 0 aliphatic carbocycles. The Morgan fingerprint density at radius 3 is 3.00 bits per heavy atom. The molecule has 1 heterocycles. The van der Waals surface area contributed by atoms with Crippen molar-refractivity contribution in [3.63, 3.8) is 0 Å². The molecule has 0 unspecified atom stereocenters. The van der Waals surface area contributed by atoms with Crippen molar-refractivity contribution in [3.05, 3.63) is 29.8 Å². The number of ketones is 1. The lowest BCUT2D eigenvalue weighted by molar-refractivity contribution is 0.0972. The number of para-hydroxylation sites is 1. The SMILES string of the molecule is CN[C@H]1COc2ccccc2C(=O)C1. The zero-order chi connectivity index (χ0) is 9.97. The lowest BCUT2D eigenvalue weighted by Gasteiger charge is -2.11. The van der Waals surface area contributed by atoms with Gasteiger partial charge in [0.25, 0.3) is 0 Å². The second-order valence-electron chi connectivity index (χ2n) is 3.42. The van der Waals surface area contributed by atoms with Crippen molar-refractivity contribution in [2.45, 2.75) is 12.5 Å². The molecule has 1 aromatic rings. The van der Waals surface area contributed by atoms with E-state index in [4.69, 9.17) is 4.74 Å². The molecule has 1 aliphatic rings. The largest absolute Gasteiger partial charge is 0.491 e. The van der Waals surface area contributed by atoms with Crippen molar-refractivity contribution < 1.29 is 9.53 Å². The van der Waals surface area contributed by atoms with Crippen LogP contribution in [-0.2, 0) is 0 Å². The van der Waals surface area contributed by atoms with Gasteiger partial charge in [-0.1, -0.05) is 12.1 Å². The van der Waals surface area contributed by atoms with Crippen LogP contribution in [0.1, 0.15) is 16.8 Å². The molecule has 0 fully saturated rings. The highest BCUT2D eigenvalue weighted by Gasteiger charge is 2.21. The minimum Gasteiger partial charge on any atom is -0.491 e. The predicted octanol–water partition coefficient (Wildman–Crippen LogP) is 1.24. The van der Waals surface area contributed by atoms with E-state index in [2.05, 4.69) is 5.32 Å². The van der Waals surface area contributed by atoms with Gasteiger partial charge in [0.2, 0.25) is 0 Å². The molecule has 1 aliphatic heterocycles. The number of rotatable bonds is 1. The monoisotopic (exact) mass is 191 g/mol. The number of hydrogen-bond donors (Lipinski definition) is 1. The number of nitrogens with one attached hydrogen (secondary N) is 1. The van der Waals surface area contributed by atoms with E-state index in [1.165, 1.54) is 0 Å². The maximum atomic E-state index is 11.8. The summed E-state index contributed by atoms with van der Waals surface area (Å²) < 4.78 is 5.54. The van der Waals surface area contributed by atoms with Crippen LogP contribution in [0.5, 0.6) is 5.75 Å². The summed E-state index contributed by atoms with van der Waals surface area (Å²) >= 11 is 0. The molecule has 3 heteroatoms. The molecule has 0 spiro atoms. The van der Waals surface area contributed by atoms with Crippen molar-refractivity contribution >= 4 is 5.78 Å². The number of carbonyl (C=O) groups is 1. The predicted molar refractivity (Wildman–Crippen MR) is 53.7 cm³/mol. The van der Waals surface area contributed by atoms with Crippen molar-refractivity contribution in [2.75, 3.05) is 13.7 Å². The second kappa shape index (κ2) is 3.80. The lowest BCUT2D eigenvalue weighted by atomic mass is 10.1. The maximum absolute atomic E-state index is 11.8. The summed E-state index contributed by atoms with van der Waals surface area (Å²) in [5.41, 5.74) is 0.699. The minimum absolute atomic E-state index is 0.120. The normalized spacial score (nSPS) is 20.9.